The Morgan fingerprint density at radius 1 is 1.62 bits per heavy atom. The number of carbonyl (C=O) groups excluding carboxylic acids is 1. The first-order valence-electron chi connectivity index (χ1n) is 5.82. The molecule has 3 N–H and O–H groups in total. The molecule has 1 aromatic heterocycles. The van der Waals surface area contributed by atoms with Gasteiger partial charge >= 0.3 is 0 Å². The lowest BCUT2D eigenvalue weighted by Gasteiger charge is -2.26. The van der Waals surface area contributed by atoms with Gasteiger partial charge in [-0.3, -0.25) is 9.48 Å². The third-order valence-corrected chi connectivity index (χ3v) is 3.00. The Balaban J connectivity index is 1.66. The minimum absolute atomic E-state index is 0.340. The number of amides is 1. The summed E-state index contributed by atoms with van der Waals surface area (Å²) in [5, 5.41) is 7.56. The molecule has 5 nitrogen and oxygen atoms in total. The van der Waals surface area contributed by atoms with E-state index in [1.165, 1.54) is 19.3 Å². The van der Waals surface area contributed by atoms with E-state index in [0.717, 1.165) is 25.6 Å². The summed E-state index contributed by atoms with van der Waals surface area (Å²) < 4.78 is 1.77. The van der Waals surface area contributed by atoms with Crippen LogP contribution in [0.4, 0.5) is 0 Å². The molecule has 0 saturated heterocycles. The lowest BCUT2D eigenvalue weighted by molar-refractivity contribution is 0.0994. The molecular formula is C11H18N4O. The van der Waals surface area contributed by atoms with Gasteiger partial charge in [-0.05, 0) is 31.9 Å². The molecule has 0 aromatic carbocycles. The normalized spacial score (nSPS) is 16.0. The van der Waals surface area contributed by atoms with Crippen molar-refractivity contribution in [2.45, 2.75) is 38.3 Å². The maximum absolute atomic E-state index is 10.8. The average Bonchev–Trinajstić information content (AvgIpc) is 2.63. The zero-order valence-corrected chi connectivity index (χ0v) is 9.35. The Bertz CT molecular complexity index is 357. The summed E-state index contributed by atoms with van der Waals surface area (Å²) in [5.74, 6) is -0.466. The molecule has 1 saturated carbocycles. The van der Waals surface area contributed by atoms with Gasteiger partial charge in [-0.2, -0.15) is 5.10 Å². The molecule has 0 spiro atoms. The molecule has 1 fully saturated rings. The topological polar surface area (TPSA) is 72.9 Å². The average molecular weight is 222 g/mol. The van der Waals surface area contributed by atoms with Crippen LogP contribution in [0.5, 0.6) is 0 Å². The summed E-state index contributed by atoms with van der Waals surface area (Å²) in [5.41, 5.74) is 5.46. The molecule has 0 atom stereocenters. The van der Waals surface area contributed by atoms with Gasteiger partial charge in [-0.25, -0.2) is 0 Å². The van der Waals surface area contributed by atoms with Crippen LogP contribution in [0.3, 0.4) is 0 Å². The number of primary amides is 1. The van der Waals surface area contributed by atoms with Gasteiger partial charge in [0.1, 0.15) is 5.69 Å². The van der Waals surface area contributed by atoms with Gasteiger partial charge in [0.2, 0.25) is 0 Å². The highest BCUT2D eigenvalue weighted by Gasteiger charge is 2.15. The Labute approximate surface area is 95.0 Å². The molecule has 1 aliphatic carbocycles. The van der Waals surface area contributed by atoms with Crippen molar-refractivity contribution < 1.29 is 4.79 Å². The lowest BCUT2D eigenvalue weighted by Crippen LogP contribution is -2.35. The smallest absolute Gasteiger partial charge is 0.269 e. The zero-order valence-electron chi connectivity index (χ0n) is 9.35. The molecular weight excluding hydrogens is 204 g/mol. The van der Waals surface area contributed by atoms with E-state index >= 15 is 0 Å². The Kier molecular flexibility index (Phi) is 3.56. The highest BCUT2D eigenvalue weighted by atomic mass is 16.1. The first kappa shape index (κ1) is 11.1. The van der Waals surface area contributed by atoms with Crippen LogP contribution < -0.4 is 11.1 Å². The number of nitrogens with one attached hydrogen (secondary N) is 1. The van der Waals surface area contributed by atoms with Crippen molar-refractivity contribution in [3.05, 3.63) is 18.0 Å². The zero-order chi connectivity index (χ0) is 11.4. The van der Waals surface area contributed by atoms with Crippen LogP contribution in [0, 0.1) is 0 Å². The minimum Gasteiger partial charge on any atom is -0.364 e. The summed E-state index contributed by atoms with van der Waals surface area (Å²) in [6, 6.07) is 2.39. The maximum Gasteiger partial charge on any atom is 0.269 e. The van der Waals surface area contributed by atoms with Crippen molar-refractivity contribution in [1.29, 1.82) is 0 Å². The van der Waals surface area contributed by atoms with Gasteiger partial charge in [0, 0.05) is 18.8 Å². The molecule has 16 heavy (non-hydrogen) atoms. The molecule has 88 valence electrons. The molecule has 1 amide bonds. The van der Waals surface area contributed by atoms with E-state index in [1.54, 1.807) is 16.9 Å². The molecule has 1 heterocycles. The van der Waals surface area contributed by atoms with Crippen molar-refractivity contribution in [2.75, 3.05) is 6.54 Å². The van der Waals surface area contributed by atoms with Crippen LogP contribution in [-0.2, 0) is 6.54 Å². The third-order valence-electron chi connectivity index (χ3n) is 3.00. The van der Waals surface area contributed by atoms with E-state index in [4.69, 9.17) is 5.73 Å². The SMILES string of the molecule is NC(=O)c1ccn(CCCNC2CCC2)n1. The number of hydrogen-bond acceptors (Lipinski definition) is 3. The number of nitrogens with zero attached hydrogens (tertiary/aromatic N) is 2. The second kappa shape index (κ2) is 5.12. The Morgan fingerprint density at radius 2 is 2.44 bits per heavy atom. The molecule has 1 aliphatic rings. The van der Waals surface area contributed by atoms with Crippen LogP contribution in [-0.4, -0.2) is 28.3 Å². The molecule has 1 aromatic rings. The number of carbonyl (C=O) groups is 1. The number of aryl methyl sites for hydroxylation is 1. The summed E-state index contributed by atoms with van der Waals surface area (Å²) in [7, 11) is 0. The van der Waals surface area contributed by atoms with E-state index in [9.17, 15) is 4.79 Å². The van der Waals surface area contributed by atoms with E-state index in [1.807, 2.05) is 0 Å². The van der Waals surface area contributed by atoms with Crippen LogP contribution in [0.25, 0.3) is 0 Å². The highest BCUT2D eigenvalue weighted by molar-refractivity contribution is 5.90. The summed E-state index contributed by atoms with van der Waals surface area (Å²) >= 11 is 0. The fourth-order valence-electron chi connectivity index (χ4n) is 1.78. The van der Waals surface area contributed by atoms with E-state index < -0.39 is 5.91 Å². The van der Waals surface area contributed by atoms with E-state index in [-0.39, 0.29) is 0 Å². The predicted octanol–water partition coefficient (Wildman–Crippen LogP) is 0.514. The van der Waals surface area contributed by atoms with Gasteiger partial charge in [0.05, 0.1) is 0 Å². The van der Waals surface area contributed by atoms with Gasteiger partial charge in [0.25, 0.3) is 5.91 Å². The molecule has 5 heteroatoms. The maximum atomic E-state index is 10.8. The number of nitrogens with two attached hydrogens (primary N) is 1. The fourth-order valence-corrected chi connectivity index (χ4v) is 1.78. The van der Waals surface area contributed by atoms with Crippen LogP contribution >= 0.6 is 0 Å². The van der Waals surface area contributed by atoms with Crippen molar-refractivity contribution in [3.63, 3.8) is 0 Å². The van der Waals surface area contributed by atoms with Crippen molar-refractivity contribution in [1.82, 2.24) is 15.1 Å². The predicted molar refractivity (Wildman–Crippen MR) is 61.0 cm³/mol. The molecule has 0 radical (unpaired) electrons. The van der Waals surface area contributed by atoms with Gasteiger partial charge in [-0.15, -0.1) is 0 Å². The number of rotatable bonds is 6. The van der Waals surface area contributed by atoms with Gasteiger partial charge in [0.15, 0.2) is 0 Å². The first-order valence-corrected chi connectivity index (χ1v) is 5.82. The molecule has 0 bridgehead atoms. The monoisotopic (exact) mass is 222 g/mol. The van der Waals surface area contributed by atoms with Gasteiger partial charge in [-0.1, -0.05) is 6.42 Å². The largest absolute Gasteiger partial charge is 0.364 e. The Hall–Kier alpha value is -1.36. The highest BCUT2D eigenvalue weighted by Crippen LogP contribution is 2.17. The second-order valence-electron chi connectivity index (χ2n) is 4.26. The first-order chi connectivity index (χ1) is 7.75. The minimum atomic E-state index is -0.466. The summed E-state index contributed by atoms with van der Waals surface area (Å²) in [4.78, 5) is 10.8. The van der Waals surface area contributed by atoms with E-state index in [2.05, 4.69) is 10.4 Å². The van der Waals surface area contributed by atoms with E-state index in [0.29, 0.717) is 5.69 Å². The van der Waals surface area contributed by atoms with Crippen LogP contribution in [0.1, 0.15) is 36.2 Å². The number of aromatic nitrogens is 2. The van der Waals surface area contributed by atoms with Crippen molar-refractivity contribution in [2.24, 2.45) is 5.73 Å². The third kappa shape index (κ3) is 2.82. The van der Waals surface area contributed by atoms with Crippen LogP contribution in [0.15, 0.2) is 12.3 Å². The summed E-state index contributed by atoms with van der Waals surface area (Å²) in [6.07, 6.45) is 6.81. The standard InChI is InChI=1S/C11H18N4O/c12-11(16)10-5-8-15(14-10)7-2-6-13-9-3-1-4-9/h5,8-9,13H,1-4,6-7H2,(H2,12,16). The number of hydrogen-bond donors (Lipinski definition) is 2. The second-order valence-corrected chi connectivity index (χ2v) is 4.26. The lowest BCUT2D eigenvalue weighted by atomic mass is 9.93. The van der Waals surface area contributed by atoms with Crippen molar-refractivity contribution >= 4 is 5.91 Å². The van der Waals surface area contributed by atoms with Crippen molar-refractivity contribution in [3.8, 4) is 0 Å². The molecule has 0 aliphatic heterocycles. The van der Waals surface area contributed by atoms with Gasteiger partial charge < -0.3 is 11.1 Å². The fraction of sp³-hybridized carbons (Fsp3) is 0.636. The summed E-state index contributed by atoms with van der Waals surface area (Å²) in [6.45, 7) is 1.84. The quantitative estimate of drug-likeness (QED) is 0.689. The molecule has 0 unspecified atom stereocenters. The Morgan fingerprint density at radius 3 is 3.00 bits per heavy atom. The molecule has 2 rings (SSSR count). The van der Waals surface area contributed by atoms with Crippen LogP contribution in [0.2, 0.25) is 0 Å².